The van der Waals surface area contributed by atoms with E-state index in [1.807, 2.05) is 0 Å². The van der Waals surface area contributed by atoms with Gasteiger partial charge in [-0.05, 0) is 67.5 Å². The molecule has 2 rings (SSSR count). The number of carbonyl (C=O) groups excluding carboxylic acids is 7. The predicted octanol–water partition coefficient (Wildman–Crippen LogP) is 5.05. The molecule has 5 N–H and O–H groups in total. The lowest BCUT2D eigenvalue weighted by atomic mass is 9.89. The molecule has 0 aliphatic carbocycles. The standard InChI is InChI=1S/C38H49N5O12/c1-25(2)35(42-33(46)11-7-5-4-6-10-30(44)18-21-34(47)53-3)32(45)23-27(9-8-22-40-37(39)49)36(48)41-28-14-12-26(13-15-28)24-54-38(50)55-31-19-16-29(17-20-31)43(51)52/h12-21,25,27,35H,4-11,22-24H2,1-3H3,(H,41,48)(H,42,46)(H3,39,40,49)/b21-18+/t27-,35+/m1/s1. The van der Waals surface area contributed by atoms with Crippen molar-refractivity contribution in [1.82, 2.24) is 10.6 Å². The molecule has 0 saturated heterocycles. The number of primary amides is 1. The molecule has 298 valence electrons. The zero-order chi connectivity index (χ0) is 40.8. The van der Waals surface area contributed by atoms with Gasteiger partial charge in [0.05, 0.1) is 18.1 Å². The molecule has 17 heteroatoms. The molecule has 4 amide bonds. The van der Waals surface area contributed by atoms with E-state index in [0.717, 1.165) is 6.08 Å². The first-order valence-corrected chi connectivity index (χ1v) is 17.8. The third-order valence-corrected chi connectivity index (χ3v) is 8.19. The number of nitro groups is 1. The number of nitro benzene ring substituents is 1. The Labute approximate surface area is 318 Å². The Bertz CT molecular complexity index is 1660. The molecule has 0 aliphatic rings. The average Bonchev–Trinajstić information content (AvgIpc) is 3.14. The summed E-state index contributed by atoms with van der Waals surface area (Å²) in [4.78, 5) is 96.1. The number of esters is 1. The van der Waals surface area contributed by atoms with Gasteiger partial charge < -0.3 is 35.9 Å². The van der Waals surface area contributed by atoms with Crippen LogP contribution in [-0.2, 0) is 40.1 Å². The van der Waals surface area contributed by atoms with Crippen LogP contribution in [0.1, 0.15) is 77.2 Å². The number of hydrogen-bond acceptors (Lipinski definition) is 12. The summed E-state index contributed by atoms with van der Waals surface area (Å²) < 4.78 is 14.6. The number of amides is 4. The highest BCUT2D eigenvalue weighted by Gasteiger charge is 2.29. The van der Waals surface area contributed by atoms with Gasteiger partial charge in [-0.2, -0.15) is 0 Å². The Morgan fingerprint density at radius 3 is 2.13 bits per heavy atom. The number of ketones is 2. The van der Waals surface area contributed by atoms with Crippen molar-refractivity contribution in [3.63, 3.8) is 0 Å². The third-order valence-electron chi connectivity index (χ3n) is 8.19. The van der Waals surface area contributed by atoms with Gasteiger partial charge in [0, 0.05) is 55.6 Å². The summed E-state index contributed by atoms with van der Waals surface area (Å²) in [5.74, 6) is -2.87. The molecule has 0 aliphatic heterocycles. The Balaban J connectivity index is 1.91. The maximum Gasteiger partial charge on any atom is 0.514 e. The van der Waals surface area contributed by atoms with Crippen molar-refractivity contribution in [3.05, 3.63) is 76.4 Å². The maximum atomic E-state index is 13.5. The average molecular weight is 768 g/mol. The Morgan fingerprint density at radius 1 is 0.873 bits per heavy atom. The quantitative estimate of drug-likeness (QED) is 0.0273. The number of anilines is 1. The number of non-ortho nitro benzene ring substituents is 1. The fourth-order valence-corrected chi connectivity index (χ4v) is 5.20. The molecule has 0 radical (unpaired) electrons. The number of methoxy groups -OCH3 is 1. The number of rotatable bonds is 24. The van der Waals surface area contributed by atoms with Crippen LogP contribution < -0.4 is 26.4 Å². The van der Waals surface area contributed by atoms with E-state index >= 15 is 0 Å². The third kappa shape index (κ3) is 18.5. The highest BCUT2D eigenvalue weighted by molar-refractivity contribution is 5.97. The van der Waals surface area contributed by atoms with Crippen molar-refractivity contribution < 1.29 is 52.7 Å². The Morgan fingerprint density at radius 2 is 1.53 bits per heavy atom. The van der Waals surface area contributed by atoms with Gasteiger partial charge in [-0.1, -0.05) is 38.8 Å². The maximum absolute atomic E-state index is 13.5. The number of urea groups is 1. The minimum absolute atomic E-state index is 0.0667. The van der Waals surface area contributed by atoms with Gasteiger partial charge in [0.1, 0.15) is 12.4 Å². The van der Waals surface area contributed by atoms with E-state index in [2.05, 4.69) is 20.7 Å². The number of allylic oxidation sites excluding steroid dienone is 1. The fraction of sp³-hybridized carbons (Fsp3) is 0.447. The second-order valence-electron chi connectivity index (χ2n) is 12.9. The van der Waals surface area contributed by atoms with Crippen molar-refractivity contribution in [2.75, 3.05) is 19.0 Å². The van der Waals surface area contributed by atoms with Gasteiger partial charge in [0.2, 0.25) is 11.8 Å². The molecule has 2 aromatic carbocycles. The SMILES string of the molecule is COC(=O)/C=C/C(=O)CCCCCCC(=O)N[C@H](C(=O)C[C@@H](CCCNC(N)=O)C(=O)Nc1ccc(COC(=O)Oc2ccc([N+](=O)[O-])cc2)cc1)C(C)C. The van der Waals surface area contributed by atoms with E-state index in [9.17, 15) is 43.7 Å². The minimum Gasteiger partial charge on any atom is -0.466 e. The van der Waals surface area contributed by atoms with Gasteiger partial charge in [-0.3, -0.25) is 29.3 Å². The molecule has 0 fully saturated rings. The van der Waals surface area contributed by atoms with Crippen molar-refractivity contribution in [2.45, 2.75) is 84.3 Å². The zero-order valence-electron chi connectivity index (χ0n) is 31.2. The smallest absolute Gasteiger partial charge is 0.466 e. The van der Waals surface area contributed by atoms with Crippen molar-refractivity contribution in [3.8, 4) is 5.75 Å². The first-order chi connectivity index (χ1) is 26.2. The zero-order valence-corrected chi connectivity index (χ0v) is 31.2. The number of hydrogen-bond donors (Lipinski definition) is 4. The van der Waals surface area contributed by atoms with E-state index in [1.165, 1.54) is 37.5 Å². The molecule has 0 saturated carbocycles. The van der Waals surface area contributed by atoms with Gasteiger partial charge in [-0.25, -0.2) is 14.4 Å². The van der Waals surface area contributed by atoms with Crippen LogP contribution in [0, 0.1) is 22.0 Å². The molecule has 17 nitrogen and oxygen atoms in total. The summed E-state index contributed by atoms with van der Waals surface area (Å²) >= 11 is 0. The van der Waals surface area contributed by atoms with E-state index in [1.54, 1.807) is 38.1 Å². The summed E-state index contributed by atoms with van der Waals surface area (Å²) in [6, 6.07) is 9.75. The van der Waals surface area contributed by atoms with E-state index < -0.39 is 40.9 Å². The lowest BCUT2D eigenvalue weighted by molar-refractivity contribution is -0.384. The highest BCUT2D eigenvalue weighted by Crippen LogP contribution is 2.21. The lowest BCUT2D eigenvalue weighted by Crippen LogP contribution is -2.45. The van der Waals surface area contributed by atoms with Crippen molar-refractivity contribution >= 4 is 52.9 Å². The van der Waals surface area contributed by atoms with Crippen LogP contribution in [-0.4, -0.2) is 66.2 Å². The summed E-state index contributed by atoms with van der Waals surface area (Å²) in [7, 11) is 1.22. The van der Waals surface area contributed by atoms with E-state index in [4.69, 9.17) is 15.2 Å². The summed E-state index contributed by atoms with van der Waals surface area (Å²) in [6.07, 6.45) is 4.64. The number of nitrogens with one attached hydrogen (secondary N) is 3. The fourth-order valence-electron chi connectivity index (χ4n) is 5.20. The molecule has 0 bridgehead atoms. The van der Waals surface area contributed by atoms with Crippen LogP contribution in [0.4, 0.5) is 21.0 Å². The van der Waals surface area contributed by atoms with Crippen LogP contribution in [0.5, 0.6) is 5.75 Å². The molecule has 0 unspecified atom stereocenters. The second kappa shape index (κ2) is 24.2. The van der Waals surface area contributed by atoms with Crippen LogP contribution in [0.2, 0.25) is 0 Å². The first kappa shape index (κ1) is 45.0. The molecule has 0 aromatic heterocycles. The normalized spacial score (nSPS) is 11.9. The molecule has 0 spiro atoms. The Hall–Kier alpha value is -6.13. The monoisotopic (exact) mass is 767 g/mol. The summed E-state index contributed by atoms with van der Waals surface area (Å²) in [5.41, 5.74) is 5.97. The van der Waals surface area contributed by atoms with Crippen molar-refractivity contribution in [1.29, 1.82) is 0 Å². The van der Waals surface area contributed by atoms with Crippen LogP contribution in [0.3, 0.4) is 0 Å². The number of Topliss-reactive ketones (excluding diaryl/α,β-unsaturated/α-hetero) is 1. The van der Waals surface area contributed by atoms with E-state index in [-0.39, 0.29) is 73.7 Å². The molecule has 55 heavy (non-hydrogen) atoms. The highest BCUT2D eigenvalue weighted by atomic mass is 16.7. The van der Waals surface area contributed by atoms with Gasteiger partial charge in [0.25, 0.3) is 5.69 Å². The number of nitrogens with two attached hydrogens (primary N) is 1. The van der Waals surface area contributed by atoms with E-state index in [0.29, 0.717) is 43.4 Å². The minimum atomic E-state index is -1.02. The van der Waals surface area contributed by atoms with Crippen LogP contribution in [0.15, 0.2) is 60.7 Å². The van der Waals surface area contributed by atoms with Gasteiger partial charge >= 0.3 is 18.2 Å². The number of unbranched alkanes of at least 4 members (excludes halogenated alkanes) is 3. The predicted molar refractivity (Wildman–Crippen MR) is 200 cm³/mol. The van der Waals surface area contributed by atoms with Gasteiger partial charge in [-0.15, -0.1) is 0 Å². The topological polar surface area (TPSA) is 252 Å². The molecule has 0 heterocycles. The number of ether oxygens (including phenoxy) is 3. The molecular weight excluding hydrogens is 718 g/mol. The lowest BCUT2D eigenvalue weighted by Gasteiger charge is -2.24. The van der Waals surface area contributed by atoms with Crippen LogP contribution in [0.25, 0.3) is 0 Å². The van der Waals surface area contributed by atoms with Gasteiger partial charge in [0.15, 0.2) is 11.6 Å². The summed E-state index contributed by atoms with van der Waals surface area (Å²) in [5, 5.41) is 18.9. The number of benzene rings is 2. The second-order valence-corrected chi connectivity index (χ2v) is 12.9. The summed E-state index contributed by atoms with van der Waals surface area (Å²) in [6.45, 7) is 3.62. The number of nitrogens with zero attached hydrogens (tertiary/aromatic N) is 1. The molecule has 2 atom stereocenters. The number of carbonyl (C=O) groups is 7. The first-order valence-electron chi connectivity index (χ1n) is 17.8. The van der Waals surface area contributed by atoms with Crippen molar-refractivity contribution in [2.24, 2.45) is 17.6 Å². The molecular formula is C38H49N5O12. The molecule has 2 aromatic rings. The van der Waals surface area contributed by atoms with Crippen LogP contribution >= 0.6 is 0 Å². The largest absolute Gasteiger partial charge is 0.514 e. The Kier molecular flexibility index (Phi) is 19.8.